The molecule has 2 fully saturated rings. The number of piperidine rings is 1. The number of hydrazine groups is 1. The van der Waals surface area contributed by atoms with E-state index in [2.05, 4.69) is 38.1 Å². The van der Waals surface area contributed by atoms with Gasteiger partial charge in [0.25, 0.3) is 0 Å². The van der Waals surface area contributed by atoms with Gasteiger partial charge in [-0.1, -0.05) is 26.7 Å². The Kier molecular flexibility index (Phi) is 5.14. The molecule has 20 heavy (non-hydrogen) atoms. The van der Waals surface area contributed by atoms with Crippen LogP contribution in [0.2, 0.25) is 0 Å². The average Bonchev–Trinajstić information content (AvgIpc) is 2.54. The Labute approximate surface area is 125 Å². The average molecular weight is 281 g/mol. The van der Waals surface area contributed by atoms with Gasteiger partial charge in [-0.05, 0) is 57.8 Å². The quantitative estimate of drug-likeness (QED) is 0.779. The van der Waals surface area contributed by atoms with Gasteiger partial charge in [-0.25, -0.2) is 10.4 Å². The van der Waals surface area contributed by atoms with E-state index in [1.165, 1.54) is 51.4 Å². The van der Waals surface area contributed by atoms with Crippen LogP contribution >= 0.6 is 0 Å². The van der Waals surface area contributed by atoms with Crippen LogP contribution in [-0.4, -0.2) is 29.2 Å². The number of nitrogens with zero attached hydrogens (tertiary/aromatic N) is 1. The van der Waals surface area contributed by atoms with E-state index in [-0.39, 0.29) is 5.54 Å². The molecule has 1 aliphatic carbocycles. The summed E-state index contributed by atoms with van der Waals surface area (Å²) in [5.41, 5.74) is 10.7. The maximum atomic E-state index is 6.22. The van der Waals surface area contributed by atoms with E-state index in [9.17, 15) is 0 Å². The van der Waals surface area contributed by atoms with Crippen molar-refractivity contribution in [3.05, 3.63) is 0 Å². The molecule has 118 valence electrons. The van der Waals surface area contributed by atoms with Gasteiger partial charge in [-0.15, -0.1) is 0 Å². The summed E-state index contributed by atoms with van der Waals surface area (Å²) in [4.78, 5) is 0. The lowest BCUT2D eigenvalue weighted by Gasteiger charge is -2.46. The minimum absolute atomic E-state index is 0.133. The van der Waals surface area contributed by atoms with Crippen molar-refractivity contribution in [1.29, 1.82) is 0 Å². The van der Waals surface area contributed by atoms with Crippen LogP contribution in [0.3, 0.4) is 0 Å². The van der Waals surface area contributed by atoms with Crippen molar-refractivity contribution in [2.45, 2.75) is 96.7 Å². The number of nitrogens with one attached hydrogen (secondary N) is 1. The summed E-state index contributed by atoms with van der Waals surface area (Å²) in [6.45, 7) is 10.3. The highest BCUT2D eigenvalue weighted by Crippen LogP contribution is 2.38. The third kappa shape index (κ3) is 3.75. The summed E-state index contributed by atoms with van der Waals surface area (Å²) in [6.07, 6.45) is 10.3. The predicted molar refractivity (Wildman–Crippen MR) is 86.4 cm³/mol. The van der Waals surface area contributed by atoms with Gasteiger partial charge in [0.05, 0.1) is 0 Å². The molecule has 3 unspecified atom stereocenters. The molecular formula is C17H35N3. The topological polar surface area (TPSA) is 41.3 Å². The van der Waals surface area contributed by atoms with E-state index in [1.807, 2.05) is 0 Å². The Balaban J connectivity index is 2.06. The van der Waals surface area contributed by atoms with Gasteiger partial charge >= 0.3 is 0 Å². The van der Waals surface area contributed by atoms with Crippen LogP contribution in [0.1, 0.15) is 79.1 Å². The summed E-state index contributed by atoms with van der Waals surface area (Å²) < 4.78 is 0. The SMILES string of the molecule is CC1CCCC(C)N1NC1(CN)CCCC(C)(C)CC1. The van der Waals surface area contributed by atoms with Crippen molar-refractivity contribution in [2.24, 2.45) is 11.1 Å². The zero-order valence-electron chi connectivity index (χ0n) is 14.0. The molecule has 0 amide bonds. The second-order valence-corrected chi connectivity index (χ2v) is 8.15. The zero-order chi connectivity index (χ0) is 14.8. The second kappa shape index (κ2) is 6.33. The first-order valence-electron chi connectivity index (χ1n) is 8.64. The molecule has 3 heteroatoms. The summed E-state index contributed by atoms with van der Waals surface area (Å²) >= 11 is 0. The van der Waals surface area contributed by atoms with Gasteiger partial charge in [0.15, 0.2) is 0 Å². The number of nitrogens with two attached hydrogens (primary N) is 1. The Morgan fingerprint density at radius 3 is 2.25 bits per heavy atom. The van der Waals surface area contributed by atoms with Gasteiger partial charge in [0.2, 0.25) is 0 Å². The summed E-state index contributed by atoms with van der Waals surface area (Å²) in [6, 6.07) is 1.27. The molecule has 1 saturated carbocycles. The Morgan fingerprint density at radius 2 is 1.65 bits per heavy atom. The molecule has 0 aromatic rings. The van der Waals surface area contributed by atoms with E-state index < -0.39 is 0 Å². The predicted octanol–water partition coefficient (Wildman–Crippen LogP) is 3.44. The first kappa shape index (κ1) is 16.3. The fourth-order valence-electron chi connectivity index (χ4n) is 4.01. The minimum Gasteiger partial charge on any atom is -0.329 e. The highest BCUT2D eigenvalue weighted by molar-refractivity contribution is 4.94. The number of hydrogen-bond donors (Lipinski definition) is 2. The molecule has 0 aromatic heterocycles. The monoisotopic (exact) mass is 281 g/mol. The van der Waals surface area contributed by atoms with Crippen molar-refractivity contribution in [1.82, 2.24) is 10.4 Å². The van der Waals surface area contributed by atoms with Crippen LogP contribution < -0.4 is 11.2 Å². The van der Waals surface area contributed by atoms with Crippen LogP contribution in [0.5, 0.6) is 0 Å². The first-order chi connectivity index (χ1) is 9.37. The van der Waals surface area contributed by atoms with Crippen LogP contribution in [0, 0.1) is 5.41 Å². The minimum atomic E-state index is 0.133. The first-order valence-corrected chi connectivity index (χ1v) is 8.64. The maximum absolute atomic E-state index is 6.22. The molecule has 1 aliphatic heterocycles. The third-order valence-corrected chi connectivity index (χ3v) is 5.74. The van der Waals surface area contributed by atoms with E-state index >= 15 is 0 Å². The summed E-state index contributed by atoms with van der Waals surface area (Å²) in [7, 11) is 0. The van der Waals surface area contributed by atoms with Crippen LogP contribution in [0.15, 0.2) is 0 Å². The van der Waals surface area contributed by atoms with Crippen molar-refractivity contribution >= 4 is 0 Å². The highest BCUT2D eigenvalue weighted by Gasteiger charge is 2.38. The molecule has 0 bridgehead atoms. The van der Waals surface area contributed by atoms with Crippen molar-refractivity contribution in [3.63, 3.8) is 0 Å². The Morgan fingerprint density at radius 1 is 1.00 bits per heavy atom. The molecule has 2 rings (SSSR count). The van der Waals surface area contributed by atoms with Crippen molar-refractivity contribution in [3.8, 4) is 0 Å². The standard InChI is InChI=1S/C17H35N3/c1-14-7-5-8-15(2)20(14)19-17(13-18)10-6-9-16(3,4)11-12-17/h14-15,19H,5-13,18H2,1-4H3. The van der Waals surface area contributed by atoms with Crippen molar-refractivity contribution < 1.29 is 0 Å². The third-order valence-electron chi connectivity index (χ3n) is 5.74. The summed E-state index contributed by atoms with van der Waals surface area (Å²) in [5, 5.41) is 2.52. The van der Waals surface area contributed by atoms with Crippen molar-refractivity contribution in [2.75, 3.05) is 6.54 Å². The van der Waals surface area contributed by atoms with Gasteiger partial charge < -0.3 is 5.73 Å². The Hall–Kier alpha value is -0.120. The lowest BCUT2D eigenvalue weighted by atomic mass is 9.83. The molecular weight excluding hydrogens is 246 g/mol. The fourth-order valence-corrected chi connectivity index (χ4v) is 4.01. The number of hydrogen-bond acceptors (Lipinski definition) is 3. The molecule has 0 aromatic carbocycles. The van der Waals surface area contributed by atoms with Gasteiger partial charge in [0.1, 0.15) is 0 Å². The molecule has 0 radical (unpaired) electrons. The van der Waals surface area contributed by atoms with E-state index in [1.54, 1.807) is 0 Å². The van der Waals surface area contributed by atoms with E-state index in [0.29, 0.717) is 17.5 Å². The van der Waals surface area contributed by atoms with Gasteiger partial charge in [0, 0.05) is 24.2 Å². The molecule has 1 saturated heterocycles. The largest absolute Gasteiger partial charge is 0.329 e. The second-order valence-electron chi connectivity index (χ2n) is 8.15. The molecule has 0 spiro atoms. The lowest BCUT2D eigenvalue weighted by Crippen LogP contribution is -2.63. The summed E-state index contributed by atoms with van der Waals surface area (Å²) in [5.74, 6) is 0. The van der Waals surface area contributed by atoms with Crippen LogP contribution in [-0.2, 0) is 0 Å². The fraction of sp³-hybridized carbons (Fsp3) is 1.00. The van der Waals surface area contributed by atoms with Gasteiger partial charge in [-0.2, -0.15) is 0 Å². The smallest absolute Gasteiger partial charge is 0.0448 e. The van der Waals surface area contributed by atoms with Crippen LogP contribution in [0.4, 0.5) is 0 Å². The zero-order valence-corrected chi connectivity index (χ0v) is 14.0. The highest BCUT2D eigenvalue weighted by atomic mass is 15.6. The van der Waals surface area contributed by atoms with E-state index in [4.69, 9.17) is 5.73 Å². The lowest BCUT2D eigenvalue weighted by molar-refractivity contribution is -0.00360. The molecule has 3 nitrogen and oxygen atoms in total. The maximum Gasteiger partial charge on any atom is 0.0448 e. The molecule has 3 N–H and O–H groups in total. The Bertz CT molecular complexity index is 305. The molecule has 3 atom stereocenters. The normalized spacial score (nSPS) is 39.5. The van der Waals surface area contributed by atoms with Gasteiger partial charge in [-0.3, -0.25) is 0 Å². The molecule has 2 aliphatic rings. The van der Waals surface area contributed by atoms with Crippen LogP contribution in [0.25, 0.3) is 0 Å². The number of rotatable bonds is 3. The van der Waals surface area contributed by atoms with E-state index in [0.717, 1.165) is 6.54 Å². The molecule has 1 heterocycles.